The number of halogens is 1. The van der Waals surface area contributed by atoms with Crippen molar-refractivity contribution in [3.05, 3.63) is 24.0 Å². The SMILES string of the molecule is CS(=O)CCNc1ccc(S(N)(=O)=O)cc1F. The van der Waals surface area contributed by atoms with Gasteiger partial charge in [-0.1, -0.05) is 0 Å². The van der Waals surface area contributed by atoms with Crippen molar-refractivity contribution in [3.63, 3.8) is 0 Å². The van der Waals surface area contributed by atoms with Crippen LogP contribution in [-0.2, 0) is 20.8 Å². The molecule has 0 aliphatic heterocycles. The zero-order valence-electron chi connectivity index (χ0n) is 9.14. The lowest BCUT2D eigenvalue weighted by molar-refractivity contribution is 0.593. The zero-order chi connectivity index (χ0) is 13.1. The third-order valence-corrected chi connectivity index (χ3v) is 3.66. The summed E-state index contributed by atoms with van der Waals surface area (Å²) in [6, 6.07) is 3.35. The van der Waals surface area contributed by atoms with Crippen molar-refractivity contribution in [2.45, 2.75) is 4.90 Å². The number of nitrogens with one attached hydrogen (secondary N) is 1. The number of anilines is 1. The van der Waals surface area contributed by atoms with Gasteiger partial charge in [0.05, 0.1) is 10.6 Å². The van der Waals surface area contributed by atoms with Gasteiger partial charge in [-0.05, 0) is 18.2 Å². The van der Waals surface area contributed by atoms with E-state index in [1.54, 1.807) is 6.26 Å². The molecule has 0 aliphatic carbocycles. The highest BCUT2D eigenvalue weighted by Gasteiger charge is 2.11. The molecule has 1 atom stereocenters. The van der Waals surface area contributed by atoms with E-state index in [1.807, 2.05) is 0 Å². The van der Waals surface area contributed by atoms with Gasteiger partial charge in [0.2, 0.25) is 10.0 Å². The van der Waals surface area contributed by atoms with Crippen LogP contribution < -0.4 is 10.5 Å². The van der Waals surface area contributed by atoms with Gasteiger partial charge in [-0.2, -0.15) is 0 Å². The first-order valence-corrected chi connectivity index (χ1v) is 7.94. The summed E-state index contributed by atoms with van der Waals surface area (Å²) >= 11 is 0. The maximum atomic E-state index is 13.4. The van der Waals surface area contributed by atoms with Gasteiger partial charge in [-0.3, -0.25) is 4.21 Å². The highest BCUT2D eigenvalue weighted by atomic mass is 32.2. The summed E-state index contributed by atoms with van der Waals surface area (Å²) in [6.07, 6.45) is 1.54. The Hall–Kier alpha value is -0.990. The molecule has 3 N–H and O–H groups in total. The number of nitrogens with two attached hydrogens (primary N) is 1. The predicted octanol–water partition coefficient (Wildman–Crippen LogP) is 0.264. The van der Waals surface area contributed by atoms with E-state index in [0.29, 0.717) is 12.3 Å². The van der Waals surface area contributed by atoms with Crippen molar-refractivity contribution in [3.8, 4) is 0 Å². The summed E-state index contributed by atoms with van der Waals surface area (Å²) in [5.74, 6) is -0.325. The molecule has 0 fully saturated rings. The first kappa shape index (κ1) is 14.1. The number of benzene rings is 1. The summed E-state index contributed by atoms with van der Waals surface area (Å²) in [7, 11) is -4.86. The van der Waals surface area contributed by atoms with Crippen LogP contribution in [0.5, 0.6) is 0 Å². The largest absolute Gasteiger partial charge is 0.382 e. The predicted molar refractivity (Wildman–Crippen MR) is 65.2 cm³/mol. The van der Waals surface area contributed by atoms with E-state index >= 15 is 0 Å². The van der Waals surface area contributed by atoms with Crippen molar-refractivity contribution < 1.29 is 17.0 Å². The molecule has 0 bridgehead atoms. The lowest BCUT2D eigenvalue weighted by Crippen LogP contribution is -2.14. The van der Waals surface area contributed by atoms with Gasteiger partial charge >= 0.3 is 0 Å². The minimum Gasteiger partial charge on any atom is -0.382 e. The Morgan fingerprint density at radius 3 is 2.59 bits per heavy atom. The average molecular weight is 280 g/mol. The van der Waals surface area contributed by atoms with Gasteiger partial charge in [0.15, 0.2) is 0 Å². The van der Waals surface area contributed by atoms with E-state index in [1.165, 1.54) is 12.1 Å². The maximum Gasteiger partial charge on any atom is 0.238 e. The molecule has 1 unspecified atom stereocenters. The highest BCUT2D eigenvalue weighted by molar-refractivity contribution is 7.89. The fourth-order valence-electron chi connectivity index (χ4n) is 1.15. The summed E-state index contributed by atoms with van der Waals surface area (Å²) in [4.78, 5) is -0.278. The van der Waals surface area contributed by atoms with Crippen molar-refractivity contribution in [2.75, 3.05) is 23.9 Å². The number of hydrogen-bond donors (Lipinski definition) is 2. The molecule has 1 aromatic carbocycles. The topological polar surface area (TPSA) is 89.3 Å². The molecule has 0 heterocycles. The van der Waals surface area contributed by atoms with Gasteiger partial charge in [-0.25, -0.2) is 17.9 Å². The molecule has 17 heavy (non-hydrogen) atoms. The third-order valence-electron chi connectivity index (χ3n) is 1.97. The molecule has 5 nitrogen and oxygen atoms in total. The Kier molecular flexibility index (Phi) is 4.61. The van der Waals surface area contributed by atoms with Crippen LogP contribution in [0.3, 0.4) is 0 Å². The van der Waals surface area contributed by atoms with Crippen molar-refractivity contribution in [2.24, 2.45) is 5.14 Å². The first-order chi connectivity index (χ1) is 7.80. The van der Waals surface area contributed by atoms with Gasteiger partial charge < -0.3 is 5.32 Å². The molecule has 0 saturated carbocycles. The number of primary sulfonamides is 1. The Bertz CT molecular complexity index is 531. The lowest BCUT2D eigenvalue weighted by atomic mass is 10.3. The van der Waals surface area contributed by atoms with Crippen molar-refractivity contribution >= 4 is 26.5 Å². The second-order valence-electron chi connectivity index (χ2n) is 3.39. The van der Waals surface area contributed by atoms with Gasteiger partial charge in [0.1, 0.15) is 5.82 Å². The standard InChI is InChI=1S/C9H13FN2O3S2/c1-16(13)5-4-12-9-3-2-7(6-8(9)10)17(11,14)15/h2-3,6,12H,4-5H2,1H3,(H2,11,14,15). The summed E-state index contributed by atoms with van der Waals surface area (Å²) in [5.41, 5.74) is 0.155. The second-order valence-corrected chi connectivity index (χ2v) is 6.51. The second kappa shape index (κ2) is 5.56. The molecule has 1 rings (SSSR count). The van der Waals surface area contributed by atoms with Crippen LogP contribution in [0.15, 0.2) is 23.1 Å². The quantitative estimate of drug-likeness (QED) is 0.810. The average Bonchev–Trinajstić information content (AvgIpc) is 2.18. The first-order valence-electron chi connectivity index (χ1n) is 4.67. The molecule has 0 amide bonds. The van der Waals surface area contributed by atoms with E-state index < -0.39 is 26.6 Å². The minimum atomic E-state index is -3.89. The maximum absolute atomic E-state index is 13.4. The van der Waals surface area contributed by atoms with Crippen molar-refractivity contribution in [1.82, 2.24) is 0 Å². The van der Waals surface area contributed by atoms with Gasteiger partial charge in [0.25, 0.3) is 0 Å². The smallest absolute Gasteiger partial charge is 0.238 e. The number of sulfonamides is 1. The van der Waals surface area contributed by atoms with E-state index in [2.05, 4.69) is 5.32 Å². The van der Waals surface area contributed by atoms with Gasteiger partial charge in [-0.15, -0.1) is 0 Å². The molecule has 0 aromatic heterocycles. The molecular formula is C9H13FN2O3S2. The zero-order valence-corrected chi connectivity index (χ0v) is 10.8. The monoisotopic (exact) mass is 280 g/mol. The van der Waals surface area contributed by atoms with Crippen LogP contribution in [-0.4, -0.2) is 31.2 Å². The van der Waals surface area contributed by atoms with Crippen LogP contribution >= 0.6 is 0 Å². The van der Waals surface area contributed by atoms with E-state index in [9.17, 15) is 17.0 Å². The molecular weight excluding hydrogens is 267 g/mol. The van der Waals surface area contributed by atoms with E-state index in [-0.39, 0.29) is 10.6 Å². The fourth-order valence-corrected chi connectivity index (χ4v) is 2.06. The summed E-state index contributed by atoms with van der Waals surface area (Å²) < 4.78 is 46.1. The summed E-state index contributed by atoms with van der Waals surface area (Å²) in [6.45, 7) is 0.342. The molecule has 0 spiro atoms. The van der Waals surface area contributed by atoms with Crippen LogP contribution in [0.2, 0.25) is 0 Å². The fraction of sp³-hybridized carbons (Fsp3) is 0.333. The Morgan fingerprint density at radius 1 is 1.47 bits per heavy atom. The number of rotatable bonds is 5. The normalized spacial score (nSPS) is 13.4. The van der Waals surface area contributed by atoms with Crippen LogP contribution in [0.25, 0.3) is 0 Å². The Morgan fingerprint density at radius 2 is 2.12 bits per heavy atom. The third kappa shape index (κ3) is 4.41. The summed E-state index contributed by atoms with van der Waals surface area (Å²) in [5, 5.41) is 7.58. The van der Waals surface area contributed by atoms with Crippen molar-refractivity contribution in [1.29, 1.82) is 0 Å². The minimum absolute atomic E-state index is 0.155. The van der Waals surface area contributed by atoms with Gasteiger partial charge in [0, 0.05) is 29.4 Å². The van der Waals surface area contributed by atoms with Crippen LogP contribution in [0.4, 0.5) is 10.1 Å². The molecule has 0 aliphatic rings. The Balaban J connectivity index is 2.80. The molecule has 0 radical (unpaired) electrons. The Labute approximate surface area is 102 Å². The number of hydrogen-bond acceptors (Lipinski definition) is 4. The van der Waals surface area contributed by atoms with Crippen LogP contribution in [0.1, 0.15) is 0 Å². The lowest BCUT2D eigenvalue weighted by Gasteiger charge is -2.07. The van der Waals surface area contributed by atoms with Crippen LogP contribution in [0, 0.1) is 5.82 Å². The molecule has 96 valence electrons. The molecule has 0 saturated heterocycles. The highest BCUT2D eigenvalue weighted by Crippen LogP contribution is 2.17. The van der Waals surface area contributed by atoms with E-state index in [4.69, 9.17) is 5.14 Å². The molecule has 1 aromatic rings. The molecule has 8 heteroatoms. The van der Waals surface area contributed by atoms with E-state index in [0.717, 1.165) is 6.07 Å².